The molecule has 1 N–H and O–H groups in total. The molecule has 0 aliphatic rings. The fourth-order valence-electron chi connectivity index (χ4n) is 3.03. The molecule has 2 aromatic rings. The van der Waals surface area contributed by atoms with E-state index in [1.807, 2.05) is 24.3 Å². The number of benzene rings is 2. The molecule has 0 radical (unpaired) electrons. The largest absolute Gasteiger partial charge is 0.372 e. The predicted octanol–water partition coefficient (Wildman–Crippen LogP) is 4.66. The maximum absolute atomic E-state index is 12.5. The highest BCUT2D eigenvalue weighted by Crippen LogP contribution is 2.18. The van der Waals surface area contributed by atoms with Gasteiger partial charge in [-0.1, -0.05) is 13.3 Å². The van der Waals surface area contributed by atoms with E-state index in [-0.39, 0.29) is 11.8 Å². The number of anilines is 2. The minimum absolute atomic E-state index is 0.0209. The Bertz CT molecular complexity index is 765. The minimum atomic E-state index is -0.186. The van der Waals surface area contributed by atoms with Crippen molar-refractivity contribution in [1.29, 1.82) is 0 Å². The van der Waals surface area contributed by atoms with Gasteiger partial charge < -0.3 is 15.1 Å². The molecule has 5 nitrogen and oxygen atoms in total. The second-order valence-corrected chi connectivity index (χ2v) is 6.83. The quantitative estimate of drug-likeness (QED) is 0.687. The molecule has 0 saturated carbocycles. The number of unbranched alkanes of at least 4 members (excludes halogenated alkanes) is 1. The number of amides is 2. The molecule has 150 valence electrons. The molecular formula is C23H31N3O2. The van der Waals surface area contributed by atoms with Gasteiger partial charge in [0.25, 0.3) is 11.8 Å². The van der Waals surface area contributed by atoms with Crippen LogP contribution in [0.25, 0.3) is 0 Å². The van der Waals surface area contributed by atoms with Gasteiger partial charge in [0.2, 0.25) is 0 Å². The molecule has 28 heavy (non-hydrogen) atoms. The van der Waals surface area contributed by atoms with Crippen LogP contribution in [0.1, 0.15) is 54.3 Å². The Hall–Kier alpha value is -2.82. The van der Waals surface area contributed by atoms with Crippen LogP contribution in [0.15, 0.2) is 48.5 Å². The van der Waals surface area contributed by atoms with Crippen LogP contribution < -0.4 is 10.2 Å². The lowest BCUT2D eigenvalue weighted by Gasteiger charge is -2.21. The average Bonchev–Trinajstić information content (AvgIpc) is 2.73. The summed E-state index contributed by atoms with van der Waals surface area (Å²) >= 11 is 0. The number of nitrogens with one attached hydrogen (secondary N) is 1. The third kappa shape index (κ3) is 5.59. The lowest BCUT2D eigenvalue weighted by Crippen LogP contribution is -2.27. The van der Waals surface area contributed by atoms with Crippen LogP contribution in [0.5, 0.6) is 0 Å². The Labute approximate surface area is 168 Å². The second kappa shape index (κ2) is 10.5. The molecule has 0 fully saturated rings. The van der Waals surface area contributed by atoms with Gasteiger partial charge in [-0.3, -0.25) is 9.59 Å². The van der Waals surface area contributed by atoms with Gasteiger partial charge in [0, 0.05) is 49.2 Å². The van der Waals surface area contributed by atoms with Crippen LogP contribution in [-0.4, -0.2) is 43.4 Å². The Kier molecular flexibility index (Phi) is 8.05. The van der Waals surface area contributed by atoms with E-state index in [2.05, 4.69) is 31.0 Å². The predicted molar refractivity (Wildman–Crippen MR) is 116 cm³/mol. The number of nitrogens with zero attached hydrogens (tertiary/aromatic N) is 2. The van der Waals surface area contributed by atoms with E-state index in [1.165, 1.54) is 0 Å². The van der Waals surface area contributed by atoms with E-state index in [4.69, 9.17) is 0 Å². The van der Waals surface area contributed by atoms with E-state index >= 15 is 0 Å². The van der Waals surface area contributed by atoms with Gasteiger partial charge in [-0.25, -0.2) is 0 Å². The monoisotopic (exact) mass is 381 g/mol. The van der Waals surface area contributed by atoms with Crippen molar-refractivity contribution in [2.45, 2.75) is 33.6 Å². The second-order valence-electron chi connectivity index (χ2n) is 6.83. The van der Waals surface area contributed by atoms with Gasteiger partial charge in [0.05, 0.1) is 0 Å². The molecule has 0 aromatic heterocycles. The first-order valence-electron chi connectivity index (χ1n) is 10.0. The van der Waals surface area contributed by atoms with Gasteiger partial charge in [-0.05, 0) is 68.8 Å². The molecular weight excluding hydrogens is 350 g/mol. The summed E-state index contributed by atoms with van der Waals surface area (Å²) in [6.07, 6.45) is 2.03. The summed E-state index contributed by atoms with van der Waals surface area (Å²) in [6, 6.07) is 14.7. The first-order valence-corrected chi connectivity index (χ1v) is 10.0. The molecule has 2 aromatic carbocycles. The van der Waals surface area contributed by atoms with E-state index in [0.717, 1.165) is 43.9 Å². The first-order chi connectivity index (χ1) is 13.5. The van der Waals surface area contributed by atoms with Crippen LogP contribution in [0.2, 0.25) is 0 Å². The van der Waals surface area contributed by atoms with Crippen molar-refractivity contribution >= 4 is 23.2 Å². The average molecular weight is 382 g/mol. The number of carbonyl (C=O) groups is 2. The van der Waals surface area contributed by atoms with Gasteiger partial charge in [0.1, 0.15) is 0 Å². The summed E-state index contributed by atoms with van der Waals surface area (Å²) in [5.74, 6) is -0.207. The minimum Gasteiger partial charge on any atom is -0.372 e. The maximum Gasteiger partial charge on any atom is 0.255 e. The Morgan fingerprint density at radius 3 is 1.96 bits per heavy atom. The molecule has 0 bridgehead atoms. The molecule has 2 amide bonds. The fraction of sp³-hybridized carbons (Fsp3) is 0.391. The first kappa shape index (κ1) is 21.5. The van der Waals surface area contributed by atoms with Crippen LogP contribution in [-0.2, 0) is 0 Å². The zero-order chi connectivity index (χ0) is 20.5. The topological polar surface area (TPSA) is 52.7 Å². The Balaban J connectivity index is 2.00. The number of carbonyl (C=O) groups excluding carboxylic acids is 2. The smallest absolute Gasteiger partial charge is 0.255 e. The van der Waals surface area contributed by atoms with Crippen molar-refractivity contribution in [2.75, 3.05) is 36.9 Å². The molecule has 0 atom stereocenters. The van der Waals surface area contributed by atoms with Gasteiger partial charge in [-0.2, -0.15) is 0 Å². The molecule has 0 unspecified atom stereocenters. The highest BCUT2D eigenvalue weighted by Gasteiger charge is 2.13. The highest BCUT2D eigenvalue weighted by molar-refractivity contribution is 6.05. The number of rotatable bonds is 9. The van der Waals surface area contributed by atoms with E-state index in [1.54, 1.807) is 36.2 Å². The lowest BCUT2D eigenvalue weighted by atomic mass is 10.1. The van der Waals surface area contributed by atoms with Crippen molar-refractivity contribution in [3.05, 3.63) is 59.7 Å². The van der Waals surface area contributed by atoms with Crippen LogP contribution in [0, 0.1) is 0 Å². The number of hydrogen-bond donors (Lipinski definition) is 1. The molecule has 5 heteroatoms. The molecule has 0 heterocycles. The van der Waals surface area contributed by atoms with Gasteiger partial charge in [0.15, 0.2) is 0 Å². The molecule has 0 aliphatic carbocycles. The summed E-state index contributed by atoms with van der Waals surface area (Å²) in [7, 11) is 1.81. The maximum atomic E-state index is 12.5. The SMILES string of the molecule is CCCCN(C)C(=O)c1ccc(C(=O)Nc2ccc(N(CC)CC)cc2)cc1. The van der Waals surface area contributed by atoms with Crippen LogP contribution in [0.4, 0.5) is 11.4 Å². The molecule has 0 aliphatic heterocycles. The third-order valence-corrected chi connectivity index (χ3v) is 4.84. The summed E-state index contributed by atoms with van der Waals surface area (Å²) < 4.78 is 0. The summed E-state index contributed by atoms with van der Waals surface area (Å²) in [5.41, 5.74) is 3.01. The van der Waals surface area contributed by atoms with E-state index in [0.29, 0.717) is 11.1 Å². The van der Waals surface area contributed by atoms with Crippen molar-refractivity contribution in [3.63, 3.8) is 0 Å². The third-order valence-electron chi connectivity index (χ3n) is 4.84. The van der Waals surface area contributed by atoms with Gasteiger partial charge >= 0.3 is 0 Å². The summed E-state index contributed by atoms with van der Waals surface area (Å²) in [5, 5.41) is 2.91. The Morgan fingerprint density at radius 2 is 1.43 bits per heavy atom. The normalized spacial score (nSPS) is 10.4. The summed E-state index contributed by atoms with van der Waals surface area (Å²) in [4.78, 5) is 28.8. The lowest BCUT2D eigenvalue weighted by molar-refractivity contribution is 0.0792. The van der Waals surface area contributed by atoms with Crippen LogP contribution >= 0.6 is 0 Å². The molecule has 0 spiro atoms. The molecule has 0 saturated heterocycles. The summed E-state index contributed by atoms with van der Waals surface area (Å²) in [6.45, 7) is 8.97. The zero-order valence-corrected chi connectivity index (χ0v) is 17.4. The molecule has 2 rings (SSSR count). The number of hydrogen-bond acceptors (Lipinski definition) is 3. The van der Waals surface area contributed by atoms with E-state index < -0.39 is 0 Å². The standard InChI is InChI=1S/C23H31N3O2/c1-5-8-17-25(4)23(28)19-11-9-18(10-12-19)22(27)24-20-13-15-21(16-14-20)26(6-2)7-3/h9-16H,5-8,17H2,1-4H3,(H,24,27). The highest BCUT2D eigenvalue weighted by atomic mass is 16.2. The van der Waals surface area contributed by atoms with Crippen molar-refractivity contribution < 1.29 is 9.59 Å². The Morgan fingerprint density at radius 1 is 0.857 bits per heavy atom. The van der Waals surface area contributed by atoms with Crippen molar-refractivity contribution in [2.24, 2.45) is 0 Å². The van der Waals surface area contributed by atoms with Crippen LogP contribution in [0.3, 0.4) is 0 Å². The van der Waals surface area contributed by atoms with E-state index in [9.17, 15) is 9.59 Å². The van der Waals surface area contributed by atoms with Gasteiger partial charge in [-0.15, -0.1) is 0 Å². The zero-order valence-electron chi connectivity index (χ0n) is 17.4. The van der Waals surface area contributed by atoms with Crippen molar-refractivity contribution in [1.82, 2.24) is 4.90 Å². The van der Waals surface area contributed by atoms with Crippen molar-refractivity contribution in [3.8, 4) is 0 Å². The fourth-order valence-corrected chi connectivity index (χ4v) is 3.03.